The van der Waals surface area contributed by atoms with E-state index >= 15 is 0 Å². The van der Waals surface area contributed by atoms with Gasteiger partial charge >= 0.3 is 6.01 Å². The monoisotopic (exact) mass is 441 g/mol. The molecule has 9 heteroatoms. The summed E-state index contributed by atoms with van der Waals surface area (Å²) in [6.07, 6.45) is 2.40. The lowest BCUT2D eigenvalue weighted by Crippen LogP contribution is -2.49. The number of anilines is 1. The topological polar surface area (TPSA) is 87.0 Å². The molecule has 3 aromatic rings. The van der Waals surface area contributed by atoms with E-state index in [1.54, 1.807) is 10.7 Å². The van der Waals surface area contributed by atoms with Gasteiger partial charge in [-0.05, 0) is 63.6 Å². The Hall–Kier alpha value is -2.58. The summed E-state index contributed by atoms with van der Waals surface area (Å²) >= 11 is 6.11. The molecule has 2 N–H and O–H groups in total. The Morgan fingerprint density at radius 3 is 2.55 bits per heavy atom. The Labute approximate surface area is 186 Å². The van der Waals surface area contributed by atoms with Crippen molar-refractivity contribution in [3.05, 3.63) is 41.0 Å². The van der Waals surface area contributed by atoms with Crippen LogP contribution in [0, 0.1) is 18.8 Å². The number of fused-ring (bicyclic) bond motifs is 2. The van der Waals surface area contributed by atoms with Gasteiger partial charge in [-0.15, -0.1) is 5.10 Å². The minimum absolute atomic E-state index is 0.0689. The standard InChI is InChI=1S/C22H28ClN7O/c1-13(2)29-22(31-18-6-4-5-17(23)10-18)25-21(27-29)30-19(9-14(3)26-30)28-11-15-7-8-16(12-28)20(15)24/h4-6,9-10,13,15-16,20H,7-8,11-12,24H2,1-3H3. The minimum Gasteiger partial charge on any atom is -0.424 e. The zero-order valence-electron chi connectivity index (χ0n) is 18.1. The molecule has 2 atom stereocenters. The third kappa shape index (κ3) is 3.78. The van der Waals surface area contributed by atoms with E-state index in [9.17, 15) is 0 Å². The normalized spacial score (nSPS) is 23.0. The van der Waals surface area contributed by atoms with Gasteiger partial charge in [-0.3, -0.25) is 0 Å². The van der Waals surface area contributed by atoms with Gasteiger partial charge in [-0.25, -0.2) is 4.68 Å². The fourth-order valence-corrected chi connectivity index (χ4v) is 4.92. The highest BCUT2D eigenvalue weighted by Gasteiger charge is 2.40. The zero-order chi connectivity index (χ0) is 21.7. The molecule has 0 spiro atoms. The maximum absolute atomic E-state index is 6.42. The third-order valence-corrected chi connectivity index (χ3v) is 6.55. The van der Waals surface area contributed by atoms with Crippen LogP contribution >= 0.6 is 11.6 Å². The first-order valence-corrected chi connectivity index (χ1v) is 11.2. The first-order chi connectivity index (χ1) is 14.9. The van der Waals surface area contributed by atoms with E-state index < -0.39 is 0 Å². The lowest BCUT2D eigenvalue weighted by Gasteiger charge is -2.37. The first kappa shape index (κ1) is 20.3. The maximum Gasteiger partial charge on any atom is 0.322 e. The molecule has 2 unspecified atom stereocenters. The van der Waals surface area contributed by atoms with Crippen molar-refractivity contribution in [2.75, 3.05) is 18.0 Å². The first-order valence-electron chi connectivity index (χ1n) is 10.9. The maximum atomic E-state index is 6.42. The van der Waals surface area contributed by atoms with Crippen LogP contribution in [0.5, 0.6) is 11.8 Å². The number of aryl methyl sites for hydroxylation is 1. The summed E-state index contributed by atoms with van der Waals surface area (Å²) in [6, 6.07) is 10.2. The van der Waals surface area contributed by atoms with Gasteiger partial charge in [0, 0.05) is 30.2 Å². The third-order valence-electron chi connectivity index (χ3n) is 6.32. The molecule has 8 nitrogen and oxygen atoms in total. The van der Waals surface area contributed by atoms with E-state index in [0.717, 1.165) is 24.6 Å². The van der Waals surface area contributed by atoms with Crippen LogP contribution in [0.25, 0.3) is 5.95 Å². The van der Waals surface area contributed by atoms with Crippen molar-refractivity contribution in [1.82, 2.24) is 24.5 Å². The van der Waals surface area contributed by atoms with Crippen molar-refractivity contribution >= 4 is 17.4 Å². The van der Waals surface area contributed by atoms with Gasteiger partial charge in [0.25, 0.3) is 5.95 Å². The van der Waals surface area contributed by atoms with Crippen LogP contribution in [0.4, 0.5) is 5.82 Å². The fraction of sp³-hybridized carbons (Fsp3) is 0.500. The molecule has 1 aliphatic heterocycles. The average molecular weight is 442 g/mol. The quantitative estimate of drug-likeness (QED) is 0.644. The van der Waals surface area contributed by atoms with Crippen molar-refractivity contribution in [1.29, 1.82) is 0 Å². The highest BCUT2D eigenvalue weighted by atomic mass is 35.5. The van der Waals surface area contributed by atoms with Crippen LogP contribution in [-0.2, 0) is 0 Å². The molecule has 2 fully saturated rings. The highest BCUT2D eigenvalue weighted by Crippen LogP contribution is 2.38. The summed E-state index contributed by atoms with van der Waals surface area (Å²) in [5.41, 5.74) is 7.34. The number of hydrogen-bond acceptors (Lipinski definition) is 6. The minimum atomic E-state index is 0.0689. The molecule has 5 rings (SSSR count). The number of hydrogen-bond donors (Lipinski definition) is 1. The number of piperidine rings is 1. The summed E-state index contributed by atoms with van der Waals surface area (Å²) < 4.78 is 9.64. The molecule has 1 aromatic carbocycles. The second kappa shape index (κ2) is 7.84. The molecule has 0 amide bonds. The molecule has 2 bridgehead atoms. The Balaban J connectivity index is 1.50. The molecule has 0 radical (unpaired) electrons. The molecule has 31 heavy (non-hydrogen) atoms. The number of halogens is 1. The van der Waals surface area contributed by atoms with E-state index in [-0.39, 0.29) is 6.04 Å². The number of ether oxygens (including phenoxy) is 1. The van der Waals surface area contributed by atoms with Gasteiger partial charge in [0.1, 0.15) is 11.6 Å². The predicted molar refractivity (Wildman–Crippen MR) is 120 cm³/mol. The van der Waals surface area contributed by atoms with E-state index in [4.69, 9.17) is 37.3 Å². The van der Waals surface area contributed by atoms with Crippen LogP contribution in [0.3, 0.4) is 0 Å². The van der Waals surface area contributed by atoms with Gasteiger partial charge in [0.15, 0.2) is 0 Å². The predicted octanol–water partition coefficient (Wildman–Crippen LogP) is 3.97. The van der Waals surface area contributed by atoms with Crippen LogP contribution in [-0.4, -0.2) is 43.7 Å². The van der Waals surface area contributed by atoms with Crippen LogP contribution in [0.15, 0.2) is 30.3 Å². The summed E-state index contributed by atoms with van der Waals surface area (Å²) in [7, 11) is 0. The average Bonchev–Trinajstić information content (AvgIpc) is 3.35. The number of nitrogens with zero attached hydrogens (tertiary/aromatic N) is 6. The molecular formula is C22H28ClN7O. The lowest BCUT2D eigenvalue weighted by molar-refractivity contribution is 0.353. The van der Waals surface area contributed by atoms with Crippen LogP contribution in [0.2, 0.25) is 5.02 Å². The zero-order valence-corrected chi connectivity index (χ0v) is 18.8. The Morgan fingerprint density at radius 2 is 1.87 bits per heavy atom. The molecule has 3 heterocycles. The summed E-state index contributed by atoms with van der Waals surface area (Å²) in [5.74, 6) is 3.19. The number of benzene rings is 1. The molecule has 164 valence electrons. The van der Waals surface area contributed by atoms with Gasteiger partial charge in [-0.2, -0.15) is 14.8 Å². The number of aromatic nitrogens is 5. The molecule has 1 aliphatic carbocycles. The van der Waals surface area contributed by atoms with Crippen molar-refractivity contribution in [3.8, 4) is 17.7 Å². The second-order valence-corrected chi connectivity index (χ2v) is 9.36. The lowest BCUT2D eigenvalue weighted by atomic mass is 9.93. The van der Waals surface area contributed by atoms with Gasteiger partial charge in [-0.1, -0.05) is 17.7 Å². The van der Waals surface area contributed by atoms with E-state index in [0.29, 0.717) is 40.6 Å². The summed E-state index contributed by atoms with van der Waals surface area (Å²) in [6.45, 7) is 7.97. The fourth-order valence-electron chi connectivity index (χ4n) is 4.74. The van der Waals surface area contributed by atoms with Crippen molar-refractivity contribution in [3.63, 3.8) is 0 Å². The number of rotatable bonds is 5. The van der Waals surface area contributed by atoms with Crippen molar-refractivity contribution in [2.45, 2.75) is 45.7 Å². The highest BCUT2D eigenvalue weighted by molar-refractivity contribution is 6.30. The summed E-state index contributed by atoms with van der Waals surface area (Å²) in [5, 5.41) is 10.0. The largest absolute Gasteiger partial charge is 0.424 e. The van der Waals surface area contributed by atoms with Crippen molar-refractivity contribution in [2.24, 2.45) is 17.6 Å². The van der Waals surface area contributed by atoms with E-state index in [1.165, 1.54) is 12.8 Å². The van der Waals surface area contributed by atoms with Gasteiger partial charge in [0.2, 0.25) is 0 Å². The SMILES string of the molecule is Cc1cc(N2CC3CCC(C2)C3N)n(-c2nc(Oc3cccc(Cl)c3)n(C(C)C)n2)n1. The second-order valence-electron chi connectivity index (χ2n) is 8.93. The molecule has 2 aliphatic rings. The Morgan fingerprint density at radius 1 is 1.13 bits per heavy atom. The van der Waals surface area contributed by atoms with Crippen LogP contribution in [0.1, 0.15) is 38.4 Å². The molecular weight excluding hydrogens is 414 g/mol. The van der Waals surface area contributed by atoms with Gasteiger partial charge in [0.05, 0.1) is 11.7 Å². The van der Waals surface area contributed by atoms with Crippen LogP contribution < -0.4 is 15.4 Å². The van der Waals surface area contributed by atoms with Gasteiger partial charge < -0.3 is 15.4 Å². The summed E-state index contributed by atoms with van der Waals surface area (Å²) in [4.78, 5) is 7.09. The smallest absolute Gasteiger partial charge is 0.322 e. The molecule has 1 saturated heterocycles. The van der Waals surface area contributed by atoms with Crippen molar-refractivity contribution < 1.29 is 4.74 Å². The molecule has 1 saturated carbocycles. The Bertz CT molecular complexity index is 1080. The number of nitrogens with two attached hydrogens (primary N) is 1. The Kier molecular flexibility index (Phi) is 5.14. The molecule has 2 aromatic heterocycles. The van der Waals surface area contributed by atoms with E-state index in [2.05, 4.69) is 11.0 Å². The van der Waals surface area contributed by atoms with E-state index in [1.807, 2.05) is 43.7 Å².